The van der Waals surface area contributed by atoms with Gasteiger partial charge in [0.2, 0.25) is 11.8 Å². The second kappa shape index (κ2) is 7.94. The molecule has 7 nitrogen and oxygen atoms in total. The lowest BCUT2D eigenvalue weighted by Crippen LogP contribution is -2.52. The highest BCUT2D eigenvalue weighted by molar-refractivity contribution is 5.87. The topological polar surface area (TPSA) is 61.8 Å². The van der Waals surface area contributed by atoms with Gasteiger partial charge < -0.3 is 14.5 Å². The zero-order chi connectivity index (χ0) is 20.7. The quantitative estimate of drug-likeness (QED) is 0.718. The highest BCUT2D eigenvalue weighted by atomic mass is 19.3. The Morgan fingerprint density at radius 2 is 1.87 bits per heavy atom. The molecule has 1 aromatic heterocycles. The number of halogens is 2. The zero-order valence-corrected chi connectivity index (χ0v) is 16.7. The Kier molecular flexibility index (Phi) is 5.14. The molecule has 0 bridgehead atoms. The van der Waals surface area contributed by atoms with Gasteiger partial charge in [-0.25, -0.2) is 18.7 Å². The molecule has 1 aliphatic carbocycles. The molecule has 3 aliphatic rings. The van der Waals surface area contributed by atoms with Gasteiger partial charge >= 0.3 is 0 Å². The van der Waals surface area contributed by atoms with E-state index >= 15 is 0 Å². The summed E-state index contributed by atoms with van der Waals surface area (Å²) in [5.41, 5.74) is 1.64. The summed E-state index contributed by atoms with van der Waals surface area (Å²) in [4.78, 5) is 27.6. The third-order valence-corrected chi connectivity index (χ3v) is 6.25. The summed E-state index contributed by atoms with van der Waals surface area (Å²) in [5, 5.41) is 0.629. The molecule has 1 atom stereocenters. The molecular weight excluding hydrogens is 392 g/mol. The van der Waals surface area contributed by atoms with Crippen molar-refractivity contribution in [2.45, 2.75) is 37.8 Å². The van der Waals surface area contributed by atoms with Crippen LogP contribution in [0, 0.1) is 0 Å². The monoisotopic (exact) mass is 417 g/mol. The smallest absolute Gasteiger partial charge is 0.272 e. The summed E-state index contributed by atoms with van der Waals surface area (Å²) in [5.74, 6) is 0.479. The molecule has 1 amide bonds. The highest BCUT2D eigenvalue weighted by Gasteiger charge is 2.43. The number of carbonyl (C=O) groups is 1. The van der Waals surface area contributed by atoms with Crippen molar-refractivity contribution in [2.24, 2.45) is 0 Å². The highest BCUT2D eigenvalue weighted by Crippen LogP contribution is 2.33. The minimum atomic E-state index is -2.56. The van der Waals surface area contributed by atoms with E-state index in [1.165, 1.54) is 6.33 Å². The van der Waals surface area contributed by atoms with Gasteiger partial charge in [0.05, 0.1) is 16.9 Å². The minimum Gasteiger partial charge on any atom is -0.471 e. The Labute approximate surface area is 173 Å². The first-order valence-corrected chi connectivity index (χ1v) is 10.6. The largest absolute Gasteiger partial charge is 0.471 e. The number of hydrogen-bond acceptors (Lipinski definition) is 6. The van der Waals surface area contributed by atoms with Crippen molar-refractivity contribution in [3.63, 3.8) is 0 Å². The van der Waals surface area contributed by atoms with Crippen molar-refractivity contribution in [3.05, 3.63) is 24.5 Å². The van der Waals surface area contributed by atoms with Gasteiger partial charge in [0, 0.05) is 44.5 Å². The molecule has 1 aromatic carbocycles. The van der Waals surface area contributed by atoms with Crippen LogP contribution in [0.3, 0.4) is 0 Å². The minimum absolute atomic E-state index is 0.0205. The van der Waals surface area contributed by atoms with Crippen molar-refractivity contribution in [1.29, 1.82) is 0 Å². The number of likely N-dealkylation sites (tertiary alicyclic amines) is 1. The van der Waals surface area contributed by atoms with E-state index in [9.17, 15) is 13.6 Å². The maximum absolute atomic E-state index is 12.7. The fourth-order valence-corrected chi connectivity index (χ4v) is 4.54. The van der Waals surface area contributed by atoms with E-state index in [4.69, 9.17) is 4.74 Å². The number of fused-ring (bicyclic) bond motifs is 1. The van der Waals surface area contributed by atoms with Gasteiger partial charge in [0.15, 0.2) is 6.61 Å². The first-order valence-electron chi connectivity index (χ1n) is 10.6. The van der Waals surface area contributed by atoms with Crippen LogP contribution in [0.5, 0.6) is 5.88 Å². The van der Waals surface area contributed by atoms with E-state index < -0.39 is 13.0 Å². The molecule has 0 spiro atoms. The summed E-state index contributed by atoms with van der Waals surface area (Å²) >= 11 is 0. The average molecular weight is 417 g/mol. The van der Waals surface area contributed by atoms with Crippen LogP contribution in [-0.4, -0.2) is 83.5 Å². The first-order chi connectivity index (χ1) is 14.6. The van der Waals surface area contributed by atoms with Gasteiger partial charge in [0.1, 0.15) is 6.33 Å². The summed E-state index contributed by atoms with van der Waals surface area (Å²) < 4.78 is 30.3. The lowest BCUT2D eigenvalue weighted by atomic mass is 10.1. The summed E-state index contributed by atoms with van der Waals surface area (Å²) in [6.07, 6.45) is 2.00. The average Bonchev–Trinajstić information content (AvgIpc) is 3.53. The van der Waals surface area contributed by atoms with Gasteiger partial charge in [-0.1, -0.05) is 0 Å². The predicted octanol–water partition coefficient (Wildman–Crippen LogP) is 2.16. The Hall–Kier alpha value is -2.55. The second-order valence-electron chi connectivity index (χ2n) is 8.17. The van der Waals surface area contributed by atoms with Gasteiger partial charge in [-0.15, -0.1) is 0 Å². The molecule has 1 unspecified atom stereocenters. The lowest BCUT2D eigenvalue weighted by molar-refractivity contribution is -0.132. The molecule has 160 valence electrons. The molecule has 2 aliphatic heterocycles. The van der Waals surface area contributed by atoms with Gasteiger partial charge in [-0.05, 0) is 37.5 Å². The molecule has 5 rings (SSSR count). The molecule has 2 saturated heterocycles. The SMILES string of the molecule is O=C1C(N2CCN(c3ccc4ncnc(OCC(F)F)c4c3)CC2)CCN1C1CC1. The molecule has 0 N–H and O–H groups in total. The Morgan fingerprint density at radius 3 is 2.60 bits per heavy atom. The van der Waals surface area contributed by atoms with E-state index in [1.807, 2.05) is 18.2 Å². The van der Waals surface area contributed by atoms with Crippen LogP contribution >= 0.6 is 0 Å². The normalized spacial score (nSPS) is 23.0. The number of amides is 1. The predicted molar refractivity (Wildman–Crippen MR) is 108 cm³/mol. The molecule has 3 fully saturated rings. The number of alkyl halides is 2. The van der Waals surface area contributed by atoms with E-state index in [0.717, 1.165) is 57.7 Å². The van der Waals surface area contributed by atoms with Crippen molar-refractivity contribution >= 4 is 22.5 Å². The van der Waals surface area contributed by atoms with Crippen molar-refractivity contribution in [2.75, 3.05) is 44.2 Å². The van der Waals surface area contributed by atoms with E-state index in [0.29, 0.717) is 22.9 Å². The molecule has 1 saturated carbocycles. The van der Waals surface area contributed by atoms with Crippen molar-refractivity contribution < 1.29 is 18.3 Å². The van der Waals surface area contributed by atoms with E-state index in [-0.39, 0.29) is 11.9 Å². The third kappa shape index (κ3) is 3.78. The first kappa shape index (κ1) is 19.4. The number of piperazine rings is 1. The molecule has 0 radical (unpaired) electrons. The summed E-state index contributed by atoms with van der Waals surface area (Å²) in [6.45, 7) is 3.46. The number of ether oxygens (including phenoxy) is 1. The molecule has 9 heteroatoms. The van der Waals surface area contributed by atoms with E-state index in [2.05, 4.69) is 24.7 Å². The fourth-order valence-electron chi connectivity index (χ4n) is 4.54. The van der Waals surface area contributed by atoms with Gasteiger partial charge in [0.25, 0.3) is 6.43 Å². The van der Waals surface area contributed by atoms with Crippen LogP contribution < -0.4 is 9.64 Å². The molecule has 30 heavy (non-hydrogen) atoms. The van der Waals surface area contributed by atoms with Crippen LogP contribution in [0.2, 0.25) is 0 Å². The lowest BCUT2D eigenvalue weighted by Gasteiger charge is -2.38. The van der Waals surface area contributed by atoms with E-state index in [1.54, 1.807) is 0 Å². The Balaban J connectivity index is 1.26. The van der Waals surface area contributed by atoms with Crippen molar-refractivity contribution in [3.8, 4) is 5.88 Å². The summed E-state index contributed by atoms with van der Waals surface area (Å²) in [6, 6.07) is 6.26. The van der Waals surface area contributed by atoms with Crippen LogP contribution in [0.1, 0.15) is 19.3 Å². The number of nitrogens with zero attached hydrogens (tertiary/aromatic N) is 5. The number of benzene rings is 1. The Morgan fingerprint density at radius 1 is 1.07 bits per heavy atom. The standard InChI is InChI=1S/C21H25F2N5O2/c22-19(23)12-30-20-16-11-15(3-4-17(16)24-13-25-20)26-7-9-27(10-8-26)18-5-6-28(21(18)29)14-1-2-14/h3-4,11,13-14,18-19H,1-2,5-10,12H2. The fraction of sp³-hybridized carbons (Fsp3) is 0.571. The Bertz CT molecular complexity index is 931. The number of rotatable bonds is 6. The van der Waals surface area contributed by atoms with Gasteiger partial charge in [-0.3, -0.25) is 9.69 Å². The van der Waals surface area contributed by atoms with Crippen LogP contribution in [0.25, 0.3) is 10.9 Å². The van der Waals surface area contributed by atoms with Crippen LogP contribution in [-0.2, 0) is 4.79 Å². The molecular formula is C21H25F2N5O2. The second-order valence-corrected chi connectivity index (χ2v) is 8.17. The van der Waals surface area contributed by atoms with Crippen LogP contribution in [0.4, 0.5) is 14.5 Å². The van der Waals surface area contributed by atoms with Gasteiger partial charge in [-0.2, -0.15) is 0 Å². The maximum atomic E-state index is 12.7. The number of carbonyl (C=O) groups excluding carboxylic acids is 1. The maximum Gasteiger partial charge on any atom is 0.272 e. The zero-order valence-electron chi connectivity index (χ0n) is 16.7. The number of aromatic nitrogens is 2. The third-order valence-electron chi connectivity index (χ3n) is 6.25. The van der Waals surface area contributed by atoms with Crippen LogP contribution in [0.15, 0.2) is 24.5 Å². The molecule has 2 aromatic rings. The molecule has 3 heterocycles. The number of anilines is 1. The summed E-state index contributed by atoms with van der Waals surface area (Å²) in [7, 11) is 0. The number of hydrogen-bond donors (Lipinski definition) is 0. The van der Waals surface area contributed by atoms with Crippen molar-refractivity contribution in [1.82, 2.24) is 19.8 Å².